The first kappa shape index (κ1) is 12.9. The Morgan fingerprint density at radius 1 is 1.50 bits per heavy atom. The van der Waals surface area contributed by atoms with E-state index in [0.717, 1.165) is 31.2 Å². The van der Waals surface area contributed by atoms with Crippen molar-refractivity contribution in [1.82, 2.24) is 5.32 Å². The molecule has 0 radical (unpaired) electrons. The predicted octanol–water partition coefficient (Wildman–Crippen LogP) is 3.31. The fourth-order valence-electron chi connectivity index (χ4n) is 1.81. The monoisotopic (exact) mass is 221 g/mol. The lowest BCUT2D eigenvalue weighted by Crippen LogP contribution is -2.27. The molecule has 1 unspecified atom stereocenters. The van der Waals surface area contributed by atoms with E-state index in [9.17, 15) is 4.39 Å². The molecule has 0 saturated heterocycles. The van der Waals surface area contributed by atoms with Gasteiger partial charge in [-0.05, 0) is 50.4 Å². The van der Waals surface area contributed by atoms with Crippen molar-refractivity contribution in [2.75, 3.05) is 7.05 Å². The summed E-state index contributed by atoms with van der Waals surface area (Å²) in [6.07, 6.45) is 6.09. The summed E-state index contributed by atoms with van der Waals surface area (Å²) in [5.74, 6) is -0.154. The summed E-state index contributed by atoms with van der Waals surface area (Å²) in [4.78, 5) is 0. The zero-order valence-corrected chi connectivity index (χ0v) is 9.88. The highest BCUT2D eigenvalue weighted by molar-refractivity contribution is 5.17. The van der Waals surface area contributed by atoms with Crippen LogP contribution in [-0.4, -0.2) is 13.1 Å². The Labute approximate surface area is 97.4 Å². The van der Waals surface area contributed by atoms with Gasteiger partial charge in [-0.15, -0.1) is 6.58 Å². The molecule has 0 aromatic heterocycles. The molecule has 0 fully saturated rings. The van der Waals surface area contributed by atoms with Gasteiger partial charge in [-0.2, -0.15) is 0 Å². The Morgan fingerprint density at radius 3 is 2.94 bits per heavy atom. The van der Waals surface area contributed by atoms with Crippen LogP contribution < -0.4 is 5.32 Å². The first-order chi connectivity index (χ1) is 7.76. The molecule has 1 rings (SSSR count). The Kier molecular flexibility index (Phi) is 5.79. The molecule has 0 aliphatic carbocycles. The molecule has 0 saturated carbocycles. The fourth-order valence-corrected chi connectivity index (χ4v) is 1.81. The first-order valence-corrected chi connectivity index (χ1v) is 5.79. The minimum atomic E-state index is -0.154. The van der Waals surface area contributed by atoms with Gasteiger partial charge < -0.3 is 5.32 Å². The maximum atomic E-state index is 13.0. The SMILES string of the molecule is C=CCCCC(Cc1cccc(F)c1)NC. The number of unbranched alkanes of at least 4 members (excludes halogenated alkanes) is 1. The zero-order valence-electron chi connectivity index (χ0n) is 9.88. The largest absolute Gasteiger partial charge is 0.317 e. The second kappa shape index (κ2) is 7.18. The van der Waals surface area contributed by atoms with E-state index in [4.69, 9.17) is 0 Å². The maximum absolute atomic E-state index is 13.0. The lowest BCUT2D eigenvalue weighted by atomic mass is 10.0. The summed E-state index contributed by atoms with van der Waals surface area (Å²) in [6, 6.07) is 7.25. The Balaban J connectivity index is 2.46. The summed E-state index contributed by atoms with van der Waals surface area (Å²) in [5.41, 5.74) is 1.05. The van der Waals surface area contributed by atoms with Gasteiger partial charge in [0.05, 0.1) is 0 Å². The predicted molar refractivity (Wildman–Crippen MR) is 67.0 cm³/mol. The molecule has 0 aliphatic heterocycles. The van der Waals surface area contributed by atoms with Gasteiger partial charge in [0.25, 0.3) is 0 Å². The third kappa shape index (κ3) is 4.58. The molecule has 2 heteroatoms. The second-order valence-corrected chi connectivity index (χ2v) is 4.04. The van der Waals surface area contributed by atoms with Crippen LogP contribution in [0.3, 0.4) is 0 Å². The van der Waals surface area contributed by atoms with Crippen molar-refractivity contribution in [2.24, 2.45) is 0 Å². The molecule has 0 spiro atoms. The first-order valence-electron chi connectivity index (χ1n) is 5.79. The van der Waals surface area contributed by atoms with Gasteiger partial charge in [0.1, 0.15) is 5.82 Å². The average molecular weight is 221 g/mol. The highest BCUT2D eigenvalue weighted by atomic mass is 19.1. The normalized spacial score (nSPS) is 12.4. The molecule has 1 aromatic carbocycles. The number of hydrogen-bond acceptors (Lipinski definition) is 1. The van der Waals surface area contributed by atoms with E-state index in [0.29, 0.717) is 6.04 Å². The molecule has 0 amide bonds. The number of allylic oxidation sites excluding steroid dienone is 1. The molecule has 0 bridgehead atoms. The smallest absolute Gasteiger partial charge is 0.123 e. The number of hydrogen-bond donors (Lipinski definition) is 1. The van der Waals surface area contributed by atoms with Crippen LogP contribution in [0.1, 0.15) is 24.8 Å². The van der Waals surface area contributed by atoms with E-state index >= 15 is 0 Å². The zero-order chi connectivity index (χ0) is 11.8. The van der Waals surface area contributed by atoms with Crippen LogP contribution in [0.2, 0.25) is 0 Å². The van der Waals surface area contributed by atoms with Crippen molar-refractivity contribution in [2.45, 2.75) is 31.7 Å². The molecular weight excluding hydrogens is 201 g/mol. The fraction of sp³-hybridized carbons (Fsp3) is 0.429. The molecule has 0 aliphatic rings. The summed E-state index contributed by atoms with van der Waals surface area (Å²) in [5, 5.41) is 3.27. The van der Waals surface area contributed by atoms with E-state index < -0.39 is 0 Å². The Morgan fingerprint density at radius 2 is 2.31 bits per heavy atom. The van der Waals surface area contributed by atoms with E-state index in [-0.39, 0.29) is 5.82 Å². The Bertz CT molecular complexity index is 322. The van der Waals surface area contributed by atoms with Crippen molar-refractivity contribution in [1.29, 1.82) is 0 Å². The number of halogens is 1. The summed E-state index contributed by atoms with van der Waals surface area (Å²) in [7, 11) is 1.96. The van der Waals surface area contributed by atoms with Gasteiger partial charge in [-0.25, -0.2) is 4.39 Å². The lowest BCUT2D eigenvalue weighted by Gasteiger charge is -2.15. The van der Waals surface area contributed by atoms with Crippen molar-refractivity contribution >= 4 is 0 Å². The standard InChI is InChI=1S/C14H20FN/c1-3-4-5-9-14(16-2)11-12-7-6-8-13(15)10-12/h3,6-8,10,14,16H,1,4-5,9,11H2,2H3. The van der Waals surface area contributed by atoms with E-state index in [2.05, 4.69) is 11.9 Å². The van der Waals surface area contributed by atoms with Gasteiger partial charge in [-0.3, -0.25) is 0 Å². The summed E-state index contributed by atoms with van der Waals surface area (Å²) < 4.78 is 13.0. The average Bonchev–Trinajstić information content (AvgIpc) is 2.28. The lowest BCUT2D eigenvalue weighted by molar-refractivity contribution is 0.503. The van der Waals surface area contributed by atoms with Crippen molar-refractivity contribution in [3.05, 3.63) is 48.3 Å². The minimum absolute atomic E-state index is 0.154. The Hall–Kier alpha value is -1.15. The molecule has 88 valence electrons. The molecule has 1 nitrogen and oxygen atoms in total. The van der Waals surface area contributed by atoms with Gasteiger partial charge in [0, 0.05) is 6.04 Å². The van der Waals surface area contributed by atoms with Gasteiger partial charge in [0.15, 0.2) is 0 Å². The quantitative estimate of drug-likeness (QED) is 0.550. The van der Waals surface area contributed by atoms with Crippen LogP contribution in [0.15, 0.2) is 36.9 Å². The summed E-state index contributed by atoms with van der Waals surface area (Å²) >= 11 is 0. The van der Waals surface area contributed by atoms with Gasteiger partial charge in [0.2, 0.25) is 0 Å². The van der Waals surface area contributed by atoms with Crippen LogP contribution >= 0.6 is 0 Å². The highest BCUT2D eigenvalue weighted by Gasteiger charge is 2.06. The highest BCUT2D eigenvalue weighted by Crippen LogP contribution is 2.10. The third-order valence-corrected chi connectivity index (χ3v) is 2.74. The van der Waals surface area contributed by atoms with Crippen LogP contribution in [0.25, 0.3) is 0 Å². The van der Waals surface area contributed by atoms with Gasteiger partial charge in [-0.1, -0.05) is 18.2 Å². The van der Waals surface area contributed by atoms with Crippen LogP contribution in [0.4, 0.5) is 4.39 Å². The van der Waals surface area contributed by atoms with E-state index in [1.54, 1.807) is 12.1 Å². The molecule has 0 heterocycles. The molecular formula is C14H20FN. The van der Waals surface area contributed by atoms with Gasteiger partial charge >= 0.3 is 0 Å². The van der Waals surface area contributed by atoms with Crippen LogP contribution in [-0.2, 0) is 6.42 Å². The van der Waals surface area contributed by atoms with E-state index in [1.807, 2.05) is 19.2 Å². The summed E-state index contributed by atoms with van der Waals surface area (Å²) in [6.45, 7) is 3.71. The van der Waals surface area contributed by atoms with Crippen molar-refractivity contribution < 1.29 is 4.39 Å². The second-order valence-electron chi connectivity index (χ2n) is 4.04. The van der Waals surface area contributed by atoms with Crippen LogP contribution in [0, 0.1) is 5.82 Å². The molecule has 1 aromatic rings. The number of likely N-dealkylation sites (N-methyl/N-ethyl adjacent to an activating group) is 1. The topological polar surface area (TPSA) is 12.0 Å². The van der Waals surface area contributed by atoms with Crippen LogP contribution in [0.5, 0.6) is 0 Å². The van der Waals surface area contributed by atoms with Crippen molar-refractivity contribution in [3.8, 4) is 0 Å². The third-order valence-electron chi connectivity index (χ3n) is 2.74. The van der Waals surface area contributed by atoms with Crippen molar-refractivity contribution in [3.63, 3.8) is 0 Å². The van der Waals surface area contributed by atoms with E-state index in [1.165, 1.54) is 6.07 Å². The molecule has 1 N–H and O–H groups in total. The maximum Gasteiger partial charge on any atom is 0.123 e. The minimum Gasteiger partial charge on any atom is -0.317 e. The molecule has 16 heavy (non-hydrogen) atoms. The number of benzene rings is 1. The number of nitrogens with one attached hydrogen (secondary N) is 1. The molecule has 1 atom stereocenters. The number of rotatable bonds is 7.